The molecule has 3 rings (SSSR count). The highest BCUT2D eigenvalue weighted by Gasteiger charge is 2.42. The van der Waals surface area contributed by atoms with Crippen LogP contribution in [0.25, 0.3) is 0 Å². The van der Waals surface area contributed by atoms with E-state index in [0.29, 0.717) is 24.4 Å². The highest BCUT2D eigenvalue weighted by molar-refractivity contribution is 5.78. The van der Waals surface area contributed by atoms with Gasteiger partial charge in [-0.25, -0.2) is 4.68 Å². The van der Waals surface area contributed by atoms with Crippen molar-refractivity contribution >= 4 is 5.91 Å². The number of likely N-dealkylation sites (tertiary alicyclic amines) is 1. The minimum absolute atomic E-state index is 0.0434. The van der Waals surface area contributed by atoms with Gasteiger partial charge in [0, 0.05) is 19.0 Å². The molecule has 0 bridgehead atoms. The van der Waals surface area contributed by atoms with Gasteiger partial charge >= 0.3 is 0 Å². The average molecular weight is 344 g/mol. The van der Waals surface area contributed by atoms with Gasteiger partial charge in [-0.15, -0.1) is 5.10 Å². The molecule has 1 amide bonds. The standard InChI is InChI=1S/C18H24N4O3/c1-13(2)22-10-16(19-20-22)18(24)7-8-21(12-18)17(23)11-25-15-6-4-5-14(3)9-15/h4-6,9-10,13,24H,7-8,11-12H2,1-3H3. The summed E-state index contributed by atoms with van der Waals surface area (Å²) in [6.07, 6.45) is 2.20. The van der Waals surface area contributed by atoms with E-state index in [2.05, 4.69) is 10.3 Å². The lowest BCUT2D eigenvalue weighted by Gasteiger charge is -2.21. The number of carbonyl (C=O) groups excluding carboxylic acids is 1. The van der Waals surface area contributed by atoms with Crippen LogP contribution in [0.5, 0.6) is 5.75 Å². The molecule has 7 nitrogen and oxygen atoms in total. The van der Waals surface area contributed by atoms with Gasteiger partial charge in [-0.05, 0) is 38.5 Å². The van der Waals surface area contributed by atoms with Crippen LogP contribution >= 0.6 is 0 Å². The molecule has 2 heterocycles. The van der Waals surface area contributed by atoms with Gasteiger partial charge in [0.05, 0.1) is 12.7 Å². The van der Waals surface area contributed by atoms with Crippen LogP contribution in [0, 0.1) is 6.92 Å². The Bertz CT molecular complexity index is 758. The third-order valence-corrected chi connectivity index (χ3v) is 4.47. The number of carbonyl (C=O) groups is 1. The molecule has 0 aliphatic carbocycles. The van der Waals surface area contributed by atoms with Crippen molar-refractivity contribution in [2.75, 3.05) is 19.7 Å². The van der Waals surface area contributed by atoms with Crippen molar-refractivity contribution in [3.63, 3.8) is 0 Å². The first-order valence-electron chi connectivity index (χ1n) is 8.49. The van der Waals surface area contributed by atoms with E-state index in [0.717, 1.165) is 5.56 Å². The minimum atomic E-state index is -1.15. The number of aryl methyl sites for hydroxylation is 1. The fourth-order valence-electron chi connectivity index (χ4n) is 2.90. The van der Waals surface area contributed by atoms with Crippen LogP contribution < -0.4 is 4.74 Å². The lowest BCUT2D eigenvalue weighted by atomic mass is 10.00. The van der Waals surface area contributed by atoms with E-state index >= 15 is 0 Å². The van der Waals surface area contributed by atoms with Crippen LogP contribution in [-0.4, -0.2) is 50.6 Å². The number of aliphatic hydroxyl groups is 1. The van der Waals surface area contributed by atoms with Gasteiger partial charge in [0.15, 0.2) is 6.61 Å². The zero-order chi connectivity index (χ0) is 18.0. The molecule has 1 fully saturated rings. The summed E-state index contributed by atoms with van der Waals surface area (Å²) in [5.41, 5.74) is 0.441. The topological polar surface area (TPSA) is 80.5 Å². The average Bonchev–Trinajstić information content (AvgIpc) is 3.21. The Hall–Kier alpha value is -2.41. The highest BCUT2D eigenvalue weighted by atomic mass is 16.5. The van der Waals surface area contributed by atoms with Crippen LogP contribution in [0.3, 0.4) is 0 Å². The van der Waals surface area contributed by atoms with Gasteiger partial charge in [-0.2, -0.15) is 0 Å². The maximum atomic E-state index is 12.4. The zero-order valence-corrected chi connectivity index (χ0v) is 14.8. The highest BCUT2D eigenvalue weighted by Crippen LogP contribution is 2.30. The van der Waals surface area contributed by atoms with Gasteiger partial charge in [-0.3, -0.25) is 4.79 Å². The molecule has 7 heteroatoms. The number of β-amino-alcohol motifs (C(OH)–C–C–N with tert-alkyl or cyclic N) is 1. The quantitative estimate of drug-likeness (QED) is 0.892. The van der Waals surface area contributed by atoms with Crippen molar-refractivity contribution in [3.8, 4) is 5.75 Å². The van der Waals surface area contributed by atoms with E-state index in [4.69, 9.17) is 4.74 Å². The number of benzene rings is 1. The molecule has 1 atom stereocenters. The Morgan fingerprint density at radius 1 is 1.44 bits per heavy atom. The van der Waals surface area contributed by atoms with E-state index in [1.165, 1.54) is 0 Å². The van der Waals surface area contributed by atoms with Gasteiger partial charge in [0.1, 0.15) is 17.0 Å². The van der Waals surface area contributed by atoms with Crippen LogP contribution in [0.2, 0.25) is 0 Å². The van der Waals surface area contributed by atoms with E-state index < -0.39 is 5.60 Å². The maximum absolute atomic E-state index is 12.4. The smallest absolute Gasteiger partial charge is 0.260 e. The van der Waals surface area contributed by atoms with Crippen LogP contribution in [0.15, 0.2) is 30.5 Å². The molecule has 2 aromatic rings. The second-order valence-electron chi connectivity index (χ2n) is 6.88. The Morgan fingerprint density at radius 2 is 2.24 bits per heavy atom. The van der Waals surface area contributed by atoms with Gasteiger partial charge < -0.3 is 14.7 Å². The minimum Gasteiger partial charge on any atom is -0.484 e. The summed E-state index contributed by atoms with van der Waals surface area (Å²) >= 11 is 0. The number of aromatic nitrogens is 3. The first kappa shape index (κ1) is 17.4. The summed E-state index contributed by atoms with van der Waals surface area (Å²) in [5, 5.41) is 19.0. The first-order chi connectivity index (χ1) is 11.9. The molecule has 1 unspecified atom stereocenters. The monoisotopic (exact) mass is 344 g/mol. The Morgan fingerprint density at radius 3 is 2.92 bits per heavy atom. The number of hydrogen-bond donors (Lipinski definition) is 1. The lowest BCUT2D eigenvalue weighted by molar-refractivity contribution is -0.133. The van der Waals surface area contributed by atoms with Crippen molar-refractivity contribution in [1.29, 1.82) is 0 Å². The van der Waals surface area contributed by atoms with Crippen LogP contribution in [0.1, 0.15) is 37.6 Å². The number of hydrogen-bond acceptors (Lipinski definition) is 5. The molecular formula is C18H24N4O3. The molecule has 1 aliphatic rings. The molecule has 1 aromatic heterocycles. The SMILES string of the molecule is Cc1cccc(OCC(=O)N2CCC(O)(c3cn(C(C)C)nn3)C2)c1. The van der Waals surface area contributed by atoms with Crippen molar-refractivity contribution in [2.45, 2.75) is 38.8 Å². The molecule has 1 aromatic carbocycles. The fraction of sp³-hybridized carbons (Fsp3) is 0.500. The fourth-order valence-corrected chi connectivity index (χ4v) is 2.90. The summed E-state index contributed by atoms with van der Waals surface area (Å²) < 4.78 is 7.27. The van der Waals surface area contributed by atoms with Gasteiger partial charge in [0.25, 0.3) is 5.91 Å². The number of amides is 1. The zero-order valence-electron chi connectivity index (χ0n) is 14.8. The van der Waals surface area contributed by atoms with Crippen molar-refractivity contribution < 1.29 is 14.6 Å². The maximum Gasteiger partial charge on any atom is 0.260 e. The number of ether oxygens (including phenoxy) is 1. The van der Waals surface area contributed by atoms with Gasteiger partial charge in [0.2, 0.25) is 0 Å². The summed E-state index contributed by atoms with van der Waals surface area (Å²) in [7, 11) is 0. The van der Waals surface area contributed by atoms with Gasteiger partial charge in [-0.1, -0.05) is 17.3 Å². The third kappa shape index (κ3) is 3.82. The molecule has 1 N–H and O–H groups in total. The van der Waals surface area contributed by atoms with E-state index in [-0.39, 0.29) is 25.1 Å². The summed E-state index contributed by atoms with van der Waals surface area (Å²) in [6, 6.07) is 7.75. The normalized spacial score (nSPS) is 20.3. The molecule has 25 heavy (non-hydrogen) atoms. The molecular weight excluding hydrogens is 320 g/mol. The molecule has 1 saturated heterocycles. The second-order valence-corrected chi connectivity index (χ2v) is 6.88. The van der Waals surface area contributed by atoms with Crippen molar-refractivity contribution in [3.05, 3.63) is 41.7 Å². The van der Waals surface area contributed by atoms with Crippen LogP contribution in [-0.2, 0) is 10.4 Å². The molecule has 1 aliphatic heterocycles. The lowest BCUT2D eigenvalue weighted by Crippen LogP contribution is -2.37. The van der Waals surface area contributed by atoms with E-state index in [1.807, 2.05) is 45.0 Å². The molecule has 0 radical (unpaired) electrons. The summed E-state index contributed by atoms with van der Waals surface area (Å²) in [5.74, 6) is 0.524. The van der Waals surface area contributed by atoms with E-state index in [9.17, 15) is 9.90 Å². The van der Waals surface area contributed by atoms with Crippen molar-refractivity contribution in [2.24, 2.45) is 0 Å². The number of rotatable bonds is 5. The predicted molar refractivity (Wildman–Crippen MR) is 92.2 cm³/mol. The molecule has 0 spiro atoms. The van der Waals surface area contributed by atoms with E-state index in [1.54, 1.807) is 15.8 Å². The third-order valence-electron chi connectivity index (χ3n) is 4.47. The Balaban J connectivity index is 1.60. The number of nitrogens with zero attached hydrogens (tertiary/aromatic N) is 4. The summed E-state index contributed by atoms with van der Waals surface area (Å²) in [4.78, 5) is 14.0. The van der Waals surface area contributed by atoms with Crippen LogP contribution in [0.4, 0.5) is 0 Å². The summed E-state index contributed by atoms with van der Waals surface area (Å²) in [6.45, 7) is 6.60. The predicted octanol–water partition coefficient (Wildman–Crippen LogP) is 1.67. The molecule has 0 saturated carbocycles. The first-order valence-corrected chi connectivity index (χ1v) is 8.49. The van der Waals surface area contributed by atoms with Crippen molar-refractivity contribution in [1.82, 2.24) is 19.9 Å². The Kier molecular flexibility index (Phi) is 4.76. The largest absolute Gasteiger partial charge is 0.484 e. The second kappa shape index (κ2) is 6.84. The molecule has 134 valence electrons. The Labute approximate surface area is 147 Å².